The zero-order valence-corrected chi connectivity index (χ0v) is 14.7. The first-order chi connectivity index (χ1) is 10.8. The highest BCUT2D eigenvalue weighted by atomic mass is 32.2. The standard InChI is InChI=1S/C17H16N2O2S2/c1-8-7-17(2,3)19-12-9(8)5-4-6-10(12)11(15(19)21)13-14(20)18-16(22)23-13/h4-6,8H,7H2,1-3H3,(H,18,20,22)/b13-11-. The third kappa shape index (κ3) is 1.94. The van der Waals surface area contributed by atoms with Crippen molar-refractivity contribution < 1.29 is 9.59 Å². The van der Waals surface area contributed by atoms with Crippen LogP contribution in [0.3, 0.4) is 0 Å². The van der Waals surface area contributed by atoms with E-state index >= 15 is 0 Å². The molecule has 0 radical (unpaired) electrons. The van der Waals surface area contributed by atoms with E-state index in [9.17, 15) is 9.59 Å². The normalized spacial score (nSPS) is 28.2. The van der Waals surface area contributed by atoms with E-state index in [2.05, 4.69) is 32.2 Å². The van der Waals surface area contributed by atoms with Crippen LogP contribution in [0.5, 0.6) is 0 Å². The SMILES string of the molecule is CC1CC(C)(C)N2C(=O)/C(=C3\SC(=S)NC3=O)c3cccc1c32. The van der Waals surface area contributed by atoms with E-state index in [0.717, 1.165) is 17.7 Å². The number of carbonyl (C=O) groups excluding carboxylic acids is 2. The largest absolute Gasteiger partial charge is 0.307 e. The van der Waals surface area contributed by atoms with Gasteiger partial charge in [-0.2, -0.15) is 0 Å². The van der Waals surface area contributed by atoms with Gasteiger partial charge in [-0.1, -0.05) is 49.1 Å². The van der Waals surface area contributed by atoms with Crippen molar-refractivity contribution in [1.82, 2.24) is 5.32 Å². The van der Waals surface area contributed by atoms with E-state index in [1.165, 1.54) is 17.3 Å². The van der Waals surface area contributed by atoms with Gasteiger partial charge in [0.25, 0.3) is 11.8 Å². The average molecular weight is 344 g/mol. The molecule has 6 heteroatoms. The maximum atomic E-state index is 13.2. The Labute approximate surface area is 144 Å². The molecule has 4 rings (SSSR count). The van der Waals surface area contributed by atoms with Crippen LogP contribution in [-0.2, 0) is 9.59 Å². The van der Waals surface area contributed by atoms with Gasteiger partial charge in [-0.15, -0.1) is 0 Å². The Morgan fingerprint density at radius 1 is 1.35 bits per heavy atom. The second kappa shape index (κ2) is 4.68. The minimum absolute atomic E-state index is 0.0910. The molecule has 1 fully saturated rings. The summed E-state index contributed by atoms with van der Waals surface area (Å²) in [4.78, 5) is 27.7. The summed E-state index contributed by atoms with van der Waals surface area (Å²) in [6.45, 7) is 6.36. The molecule has 118 valence electrons. The molecule has 0 saturated carbocycles. The molecule has 0 aromatic heterocycles. The lowest BCUT2D eigenvalue weighted by Gasteiger charge is -2.43. The fourth-order valence-electron chi connectivity index (χ4n) is 3.97. The summed E-state index contributed by atoms with van der Waals surface area (Å²) in [6.07, 6.45) is 0.898. The van der Waals surface area contributed by atoms with Crippen LogP contribution < -0.4 is 10.2 Å². The van der Waals surface area contributed by atoms with Gasteiger partial charge < -0.3 is 10.2 Å². The molecule has 3 aliphatic heterocycles. The molecule has 1 unspecified atom stereocenters. The second-order valence-electron chi connectivity index (χ2n) is 6.85. The maximum absolute atomic E-state index is 13.2. The van der Waals surface area contributed by atoms with E-state index in [0.29, 0.717) is 20.7 Å². The lowest BCUT2D eigenvalue weighted by Crippen LogP contribution is -2.49. The number of rotatable bonds is 0. The van der Waals surface area contributed by atoms with Crippen molar-refractivity contribution in [2.24, 2.45) is 0 Å². The van der Waals surface area contributed by atoms with Crippen LogP contribution in [0, 0.1) is 0 Å². The summed E-state index contributed by atoms with van der Waals surface area (Å²) in [5, 5.41) is 2.61. The summed E-state index contributed by atoms with van der Waals surface area (Å²) in [5.41, 5.74) is 3.22. The predicted molar refractivity (Wildman–Crippen MR) is 96.3 cm³/mol. The highest BCUT2D eigenvalue weighted by Gasteiger charge is 2.49. The minimum Gasteiger partial charge on any atom is -0.307 e. The van der Waals surface area contributed by atoms with E-state index in [-0.39, 0.29) is 17.4 Å². The Bertz CT molecular complexity index is 826. The molecule has 0 spiro atoms. The number of para-hydroxylation sites is 1. The maximum Gasteiger partial charge on any atom is 0.264 e. The first-order valence-electron chi connectivity index (χ1n) is 7.56. The minimum atomic E-state index is -0.276. The van der Waals surface area contributed by atoms with Crippen molar-refractivity contribution in [2.75, 3.05) is 4.90 Å². The van der Waals surface area contributed by atoms with Crippen molar-refractivity contribution >= 4 is 51.4 Å². The number of nitrogens with one attached hydrogen (secondary N) is 1. The molecule has 1 aromatic rings. The average Bonchev–Trinajstić information content (AvgIpc) is 2.93. The molecule has 1 N–H and O–H groups in total. The third-order valence-corrected chi connectivity index (χ3v) is 6.00. The lowest BCUT2D eigenvalue weighted by atomic mass is 9.80. The Kier molecular flexibility index (Phi) is 3.03. The van der Waals surface area contributed by atoms with Crippen molar-refractivity contribution in [3.63, 3.8) is 0 Å². The van der Waals surface area contributed by atoms with Gasteiger partial charge in [0.1, 0.15) is 4.32 Å². The summed E-state index contributed by atoms with van der Waals surface area (Å²) < 4.78 is 0.406. The van der Waals surface area contributed by atoms with Gasteiger partial charge in [0.15, 0.2) is 0 Å². The molecule has 1 saturated heterocycles. The van der Waals surface area contributed by atoms with E-state index in [1.54, 1.807) is 0 Å². The van der Waals surface area contributed by atoms with Crippen LogP contribution >= 0.6 is 24.0 Å². The first-order valence-corrected chi connectivity index (χ1v) is 8.79. The summed E-state index contributed by atoms with van der Waals surface area (Å²) >= 11 is 6.26. The molecule has 0 aliphatic carbocycles. The number of thioether (sulfide) groups is 1. The van der Waals surface area contributed by atoms with E-state index < -0.39 is 0 Å². The molecule has 23 heavy (non-hydrogen) atoms. The summed E-state index contributed by atoms with van der Waals surface area (Å²) in [7, 11) is 0. The quantitative estimate of drug-likeness (QED) is 0.580. The topological polar surface area (TPSA) is 49.4 Å². The predicted octanol–water partition coefficient (Wildman–Crippen LogP) is 3.18. The van der Waals surface area contributed by atoms with Crippen LogP contribution in [0.4, 0.5) is 5.69 Å². The molecular formula is C17H16N2O2S2. The van der Waals surface area contributed by atoms with Gasteiger partial charge in [0, 0.05) is 11.1 Å². The van der Waals surface area contributed by atoms with Crippen LogP contribution in [0.25, 0.3) is 5.57 Å². The number of carbonyl (C=O) groups is 2. The Balaban J connectivity index is 2.03. The van der Waals surface area contributed by atoms with Gasteiger partial charge in [0.05, 0.1) is 16.2 Å². The Hall–Kier alpha value is -1.66. The summed E-state index contributed by atoms with van der Waals surface area (Å²) in [6, 6.07) is 5.98. The van der Waals surface area contributed by atoms with Gasteiger partial charge >= 0.3 is 0 Å². The molecule has 4 nitrogen and oxygen atoms in total. The van der Waals surface area contributed by atoms with Crippen molar-refractivity contribution in [2.45, 2.75) is 38.6 Å². The highest BCUT2D eigenvalue weighted by Crippen LogP contribution is 2.53. The molecule has 1 aromatic carbocycles. The fraction of sp³-hybridized carbons (Fsp3) is 0.353. The van der Waals surface area contributed by atoms with E-state index in [1.807, 2.05) is 17.0 Å². The van der Waals surface area contributed by atoms with Crippen LogP contribution in [0.15, 0.2) is 23.1 Å². The first kappa shape index (κ1) is 14.9. The Morgan fingerprint density at radius 3 is 2.74 bits per heavy atom. The zero-order valence-electron chi connectivity index (χ0n) is 13.1. The molecular weight excluding hydrogens is 328 g/mol. The van der Waals surface area contributed by atoms with Crippen LogP contribution in [0.1, 0.15) is 44.2 Å². The number of amides is 2. The number of nitrogens with zero attached hydrogens (tertiary/aromatic N) is 1. The zero-order chi connectivity index (χ0) is 16.5. The van der Waals surface area contributed by atoms with Crippen molar-refractivity contribution in [1.29, 1.82) is 0 Å². The molecule has 0 bridgehead atoms. The molecule has 3 heterocycles. The van der Waals surface area contributed by atoms with Crippen molar-refractivity contribution in [3.8, 4) is 0 Å². The third-order valence-electron chi connectivity index (χ3n) is 4.76. The van der Waals surface area contributed by atoms with Gasteiger partial charge in [-0.3, -0.25) is 9.59 Å². The number of hydrogen-bond donors (Lipinski definition) is 1. The number of benzene rings is 1. The fourth-order valence-corrected chi connectivity index (χ4v) is 5.08. The van der Waals surface area contributed by atoms with E-state index in [4.69, 9.17) is 12.2 Å². The van der Waals surface area contributed by atoms with Crippen LogP contribution in [0.2, 0.25) is 0 Å². The van der Waals surface area contributed by atoms with Crippen LogP contribution in [-0.4, -0.2) is 21.7 Å². The monoisotopic (exact) mass is 344 g/mol. The number of hydrogen-bond acceptors (Lipinski definition) is 4. The molecule has 1 atom stereocenters. The Morgan fingerprint density at radius 2 is 2.09 bits per heavy atom. The summed E-state index contributed by atoms with van der Waals surface area (Å²) in [5.74, 6) is 0.0119. The molecule has 2 amide bonds. The van der Waals surface area contributed by atoms with Crippen molar-refractivity contribution in [3.05, 3.63) is 34.2 Å². The van der Waals surface area contributed by atoms with Gasteiger partial charge in [-0.25, -0.2) is 0 Å². The van der Waals surface area contributed by atoms with Gasteiger partial charge in [-0.05, 0) is 31.7 Å². The number of thiocarbonyl (C=S) groups is 1. The number of anilines is 1. The molecule has 3 aliphatic rings. The lowest BCUT2D eigenvalue weighted by molar-refractivity contribution is -0.116. The smallest absolute Gasteiger partial charge is 0.264 e. The highest BCUT2D eigenvalue weighted by molar-refractivity contribution is 8.27. The van der Waals surface area contributed by atoms with Gasteiger partial charge in [0.2, 0.25) is 0 Å². The second-order valence-corrected chi connectivity index (χ2v) is 8.54.